The summed E-state index contributed by atoms with van der Waals surface area (Å²) >= 11 is 0. The Labute approximate surface area is 110 Å². The van der Waals surface area contributed by atoms with Crippen LogP contribution in [0.25, 0.3) is 0 Å². The zero-order chi connectivity index (χ0) is 14.4. The molecule has 6 heteroatoms. The first kappa shape index (κ1) is 15.3. The first-order valence-electron chi connectivity index (χ1n) is 6.07. The first-order valence-corrected chi connectivity index (χ1v) is 6.07. The molecule has 0 aromatic heterocycles. The maximum atomic E-state index is 13.0. The number of nitrogens with two attached hydrogens (primary N) is 1. The van der Waals surface area contributed by atoms with E-state index in [1.54, 1.807) is 0 Å². The molecule has 0 aliphatic heterocycles. The lowest BCUT2D eigenvalue weighted by molar-refractivity contribution is 0.445. The van der Waals surface area contributed by atoms with Gasteiger partial charge in [-0.25, -0.2) is 13.2 Å². The number of aliphatic imine (C=N–C) groups is 1. The van der Waals surface area contributed by atoms with Crippen LogP contribution in [0.15, 0.2) is 17.1 Å². The highest BCUT2D eigenvalue weighted by Crippen LogP contribution is 2.13. The van der Waals surface area contributed by atoms with E-state index in [-0.39, 0.29) is 5.96 Å². The van der Waals surface area contributed by atoms with Gasteiger partial charge in [0.2, 0.25) is 0 Å². The van der Waals surface area contributed by atoms with Gasteiger partial charge in [-0.2, -0.15) is 0 Å². The lowest BCUT2D eigenvalue weighted by Gasteiger charge is -2.07. The highest BCUT2D eigenvalue weighted by atomic mass is 19.2. The second-order valence-corrected chi connectivity index (χ2v) is 4.67. The molecule has 0 fully saturated rings. The summed E-state index contributed by atoms with van der Waals surface area (Å²) in [5.41, 5.74) is 5.96. The van der Waals surface area contributed by atoms with Gasteiger partial charge in [0.1, 0.15) is 0 Å². The summed E-state index contributed by atoms with van der Waals surface area (Å²) in [5, 5.41) is 2.83. The number of hydrogen-bond donors (Lipinski definition) is 2. The Balaban J connectivity index is 2.47. The number of guanidine groups is 1. The van der Waals surface area contributed by atoms with Crippen LogP contribution in [0.5, 0.6) is 0 Å². The average Bonchev–Trinajstić information content (AvgIpc) is 2.33. The summed E-state index contributed by atoms with van der Waals surface area (Å²) in [6.45, 7) is 5.01. The van der Waals surface area contributed by atoms with Crippen molar-refractivity contribution in [2.45, 2.75) is 20.3 Å². The van der Waals surface area contributed by atoms with E-state index in [0.29, 0.717) is 31.0 Å². The molecule has 1 aromatic carbocycles. The molecule has 3 nitrogen and oxygen atoms in total. The van der Waals surface area contributed by atoms with Crippen LogP contribution in [0.1, 0.15) is 19.4 Å². The van der Waals surface area contributed by atoms with Crippen LogP contribution in [-0.4, -0.2) is 19.0 Å². The molecule has 0 aliphatic rings. The van der Waals surface area contributed by atoms with E-state index in [1.165, 1.54) is 0 Å². The molecular weight excluding hydrogens is 255 g/mol. The van der Waals surface area contributed by atoms with Gasteiger partial charge in [0.15, 0.2) is 23.4 Å². The highest BCUT2D eigenvalue weighted by molar-refractivity contribution is 5.77. The van der Waals surface area contributed by atoms with Gasteiger partial charge in [0.05, 0.1) is 0 Å². The van der Waals surface area contributed by atoms with Crippen molar-refractivity contribution in [1.29, 1.82) is 0 Å². The van der Waals surface area contributed by atoms with Gasteiger partial charge in [-0.1, -0.05) is 13.8 Å². The number of benzene rings is 1. The summed E-state index contributed by atoms with van der Waals surface area (Å²) < 4.78 is 38.6. The van der Waals surface area contributed by atoms with Crippen molar-refractivity contribution in [3.05, 3.63) is 35.1 Å². The molecule has 0 saturated heterocycles. The van der Waals surface area contributed by atoms with E-state index in [1.807, 2.05) is 13.8 Å². The topological polar surface area (TPSA) is 50.4 Å². The molecule has 0 atom stereocenters. The Hall–Kier alpha value is -1.72. The van der Waals surface area contributed by atoms with Gasteiger partial charge >= 0.3 is 0 Å². The van der Waals surface area contributed by atoms with Crippen LogP contribution in [0.3, 0.4) is 0 Å². The van der Waals surface area contributed by atoms with Crippen LogP contribution in [0.4, 0.5) is 13.2 Å². The summed E-state index contributed by atoms with van der Waals surface area (Å²) in [5.74, 6) is -3.12. The Morgan fingerprint density at radius 1 is 1.26 bits per heavy atom. The predicted octanol–water partition coefficient (Wildman–Crippen LogP) is 2.21. The van der Waals surface area contributed by atoms with Crippen molar-refractivity contribution in [2.75, 3.05) is 13.1 Å². The molecule has 0 aliphatic carbocycles. The lowest BCUT2D eigenvalue weighted by Crippen LogP contribution is -2.33. The number of rotatable bonds is 5. The van der Waals surface area contributed by atoms with E-state index >= 15 is 0 Å². The fourth-order valence-corrected chi connectivity index (χ4v) is 1.42. The lowest BCUT2D eigenvalue weighted by atomic mass is 10.1. The number of hydrogen-bond acceptors (Lipinski definition) is 1. The molecule has 1 aromatic rings. The minimum Gasteiger partial charge on any atom is -0.370 e. The van der Waals surface area contributed by atoms with Crippen LogP contribution < -0.4 is 11.1 Å². The van der Waals surface area contributed by atoms with Crippen LogP contribution in [0, 0.1) is 23.4 Å². The van der Waals surface area contributed by atoms with E-state index in [4.69, 9.17) is 5.73 Å². The SMILES string of the molecule is CC(C)CN=C(N)NCCc1cc(F)c(F)c(F)c1. The summed E-state index contributed by atoms with van der Waals surface area (Å²) in [4.78, 5) is 4.08. The Bertz CT molecular complexity index is 435. The maximum absolute atomic E-state index is 13.0. The monoisotopic (exact) mass is 273 g/mol. The molecule has 3 N–H and O–H groups in total. The Kier molecular flexibility index (Phi) is 5.66. The largest absolute Gasteiger partial charge is 0.370 e. The fraction of sp³-hybridized carbons (Fsp3) is 0.462. The van der Waals surface area contributed by atoms with E-state index in [0.717, 1.165) is 12.1 Å². The number of halogens is 3. The third-order valence-corrected chi connectivity index (χ3v) is 2.39. The van der Waals surface area contributed by atoms with Gasteiger partial charge in [-0.3, -0.25) is 4.99 Å². The van der Waals surface area contributed by atoms with Crippen molar-refractivity contribution in [1.82, 2.24) is 5.32 Å². The summed E-state index contributed by atoms with van der Waals surface area (Å²) in [6.07, 6.45) is 0.325. The quantitative estimate of drug-likeness (QED) is 0.491. The molecule has 0 spiro atoms. The second kappa shape index (κ2) is 7.01. The van der Waals surface area contributed by atoms with Crippen LogP contribution >= 0.6 is 0 Å². The normalized spacial score (nSPS) is 12.0. The minimum absolute atomic E-state index is 0.289. The van der Waals surface area contributed by atoms with E-state index < -0.39 is 17.5 Å². The molecule has 0 heterocycles. The molecule has 0 radical (unpaired) electrons. The summed E-state index contributed by atoms with van der Waals surface area (Å²) in [6, 6.07) is 1.95. The second-order valence-electron chi connectivity index (χ2n) is 4.67. The van der Waals surface area contributed by atoms with Gasteiger partial charge in [0.25, 0.3) is 0 Å². The molecule has 0 saturated carbocycles. The highest BCUT2D eigenvalue weighted by Gasteiger charge is 2.10. The van der Waals surface area contributed by atoms with Gasteiger partial charge in [-0.05, 0) is 30.0 Å². The Morgan fingerprint density at radius 3 is 2.37 bits per heavy atom. The van der Waals surface area contributed by atoms with E-state index in [9.17, 15) is 13.2 Å². The maximum Gasteiger partial charge on any atom is 0.194 e. The minimum atomic E-state index is -1.45. The Morgan fingerprint density at radius 2 is 1.84 bits per heavy atom. The third-order valence-electron chi connectivity index (χ3n) is 2.39. The van der Waals surface area contributed by atoms with Gasteiger partial charge < -0.3 is 11.1 Å². The van der Waals surface area contributed by atoms with Crippen molar-refractivity contribution in [3.8, 4) is 0 Å². The zero-order valence-corrected chi connectivity index (χ0v) is 11.0. The van der Waals surface area contributed by atoms with Crippen molar-refractivity contribution in [3.63, 3.8) is 0 Å². The summed E-state index contributed by atoms with van der Waals surface area (Å²) in [7, 11) is 0. The molecular formula is C13H18F3N3. The number of nitrogens with zero attached hydrogens (tertiary/aromatic N) is 1. The van der Waals surface area contributed by atoms with Crippen molar-refractivity contribution < 1.29 is 13.2 Å². The zero-order valence-electron chi connectivity index (χ0n) is 11.0. The average molecular weight is 273 g/mol. The number of nitrogens with one attached hydrogen (secondary N) is 1. The van der Waals surface area contributed by atoms with Crippen LogP contribution in [-0.2, 0) is 6.42 Å². The molecule has 0 unspecified atom stereocenters. The van der Waals surface area contributed by atoms with E-state index in [2.05, 4.69) is 10.3 Å². The third kappa shape index (κ3) is 5.19. The molecule has 1 rings (SSSR count). The first-order chi connectivity index (χ1) is 8.90. The smallest absolute Gasteiger partial charge is 0.194 e. The molecule has 0 bridgehead atoms. The standard InChI is InChI=1S/C13H18F3N3/c1-8(2)7-19-13(17)18-4-3-9-5-10(14)12(16)11(15)6-9/h5-6,8H,3-4,7H2,1-2H3,(H3,17,18,19). The fourth-order valence-electron chi connectivity index (χ4n) is 1.42. The molecule has 0 amide bonds. The van der Waals surface area contributed by atoms with Crippen molar-refractivity contribution in [2.24, 2.45) is 16.6 Å². The van der Waals surface area contributed by atoms with Gasteiger partial charge in [-0.15, -0.1) is 0 Å². The predicted molar refractivity (Wildman–Crippen MR) is 69.4 cm³/mol. The molecule has 106 valence electrons. The van der Waals surface area contributed by atoms with Gasteiger partial charge in [0, 0.05) is 13.1 Å². The van der Waals surface area contributed by atoms with Crippen LogP contribution in [0.2, 0.25) is 0 Å². The molecule has 19 heavy (non-hydrogen) atoms. The van der Waals surface area contributed by atoms with Crippen molar-refractivity contribution >= 4 is 5.96 Å².